The number of hydrogen-bond donors (Lipinski definition) is 1. The Morgan fingerprint density at radius 1 is 0.867 bits per heavy atom. The number of aromatic nitrogens is 2. The number of likely N-dealkylation sites (N-methyl/N-ethyl adjacent to an activating group) is 2. The molecule has 1 heterocycles. The second-order valence-electron chi connectivity index (χ2n) is 8.80. The van der Waals surface area contributed by atoms with Crippen molar-refractivity contribution in [1.82, 2.24) is 24.6 Å². The Hall–Kier alpha value is -1.47. The van der Waals surface area contributed by atoms with Crippen LogP contribution in [0.5, 0.6) is 0 Å². The van der Waals surface area contributed by atoms with Crippen molar-refractivity contribution in [3.05, 3.63) is 30.1 Å². The zero-order valence-corrected chi connectivity index (χ0v) is 20.3. The van der Waals surface area contributed by atoms with Gasteiger partial charge in [-0.05, 0) is 85.3 Å². The molecule has 170 valence electrons. The quantitative estimate of drug-likeness (QED) is 0.356. The van der Waals surface area contributed by atoms with Crippen molar-refractivity contribution >= 4 is 11.0 Å². The number of nitrogens with zero attached hydrogens (tertiary/aromatic N) is 5. The molecule has 6 heteroatoms. The fourth-order valence-corrected chi connectivity index (χ4v) is 4.04. The van der Waals surface area contributed by atoms with Gasteiger partial charge >= 0.3 is 0 Å². The van der Waals surface area contributed by atoms with Crippen LogP contribution in [0, 0.1) is 6.92 Å². The third kappa shape index (κ3) is 7.65. The number of benzene rings is 1. The molecule has 0 atom stereocenters. The molecule has 0 spiro atoms. The molecule has 2 aromatic rings. The molecular weight excluding hydrogens is 372 g/mol. The van der Waals surface area contributed by atoms with E-state index in [0.29, 0.717) is 0 Å². The standard InChI is InChI=1S/C24H45N6/c1-7-15-26(3)17-11-18-28(5)20-19-27(4)16-10-14-25-21-30-22(2)29(6)23-12-8-9-13-24(23)30/h8-9,12-13,25H,7,10-11,14-21H2,1-6H3/q+1. The zero-order chi connectivity index (χ0) is 21.9. The molecule has 0 aliphatic heterocycles. The molecule has 1 aromatic heterocycles. The summed E-state index contributed by atoms with van der Waals surface area (Å²) in [6, 6.07) is 8.62. The molecular formula is C24H45N6+. The molecule has 0 aliphatic carbocycles. The van der Waals surface area contributed by atoms with Crippen LogP contribution in [0.25, 0.3) is 11.0 Å². The Morgan fingerprint density at radius 2 is 1.47 bits per heavy atom. The summed E-state index contributed by atoms with van der Waals surface area (Å²) in [6.07, 6.45) is 3.67. The molecule has 0 saturated heterocycles. The third-order valence-corrected chi connectivity index (χ3v) is 6.12. The predicted octanol–water partition coefficient (Wildman–Crippen LogP) is 2.31. The van der Waals surface area contributed by atoms with Crippen molar-refractivity contribution in [3.63, 3.8) is 0 Å². The van der Waals surface area contributed by atoms with Crippen molar-refractivity contribution in [2.45, 2.75) is 39.8 Å². The summed E-state index contributed by atoms with van der Waals surface area (Å²) in [5, 5.41) is 3.62. The number of imidazole rings is 1. The molecule has 0 unspecified atom stereocenters. The minimum absolute atomic E-state index is 0.867. The van der Waals surface area contributed by atoms with E-state index >= 15 is 0 Å². The summed E-state index contributed by atoms with van der Waals surface area (Å²) in [6.45, 7) is 13.4. The Labute approximate surface area is 184 Å². The summed E-state index contributed by atoms with van der Waals surface area (Å²) >= 11 is 0. The van der Waals surface area contributed by atoms with E-state index in [4.69, 9.17) is 0 Å². The number of rotatable bonds is 15. The molecule has 0 saturated carbocycles. The van der Waals surface area contributed by atoms with Crippen LogP contribution in [0.2, 0.25) is 0 Å². The molecule has 30 heavy (non-hydrogen) atoms. The SMILES string of the molecule is CCCN(C)CCCN(C)CCN(C)CCCNCn1c(C)[n+](C)c2ccccc21. The Morgan fingerprint density at radius 3 is 2.13 bits per heavy atom. The van der Waals surface area contributed by atoms with E-state index < -0.39 is 0 Å². The molecule has 0 bridgehead atoms. The van der Waals surface area contributed by atoms with Gasteiger partial charge in [-0.3, -0.25) is 5.32 Å². The van der Waals surface area contributed by atoms with Crippen LogP contribution in [0.15, 0.2) is 24.3 Å². The fraction of sp³-hybridized carbons (Fsp3) is 0.708. The van der Waals surface area contributed by atoms with Crippen LogP contribution in [0.4, 0.5) is 0 Å². The molecule has 0 amide bonds. The second kappa shape index (κ2) is 13.1. The van der Waals surface area contributed by atoms with Crippen molar-refractivity contribution in [2.24, 2.45) is 7.05 Å². The minimum Gasteiger partial charge on any atom is -0.306 e. The van der Waals surface area contributed by atoms with E-state index in [0.717, 1.165) is 32.8 Å². The van der Waals surface area contributed by atoms with Gasteiger partial charge in [-0.2, -0.15) is 0 Å². The predicted molar refractivity (Wildman–Crippen MR) is 128 cm³/mol. The Balaban J connectivity index is 1.58. The van der Waals surface area contributed by atoms with E-state index in [1.54, 1.807) is 0 Å². The van der Waals surface area contributed by atoms with Crippen LogP contribution in [0.1, 0.15) is 32.0 Å². The van der Waals surface area contributed by atoms with Crippen LogP contribution >= 0.6 is 0 Å². The molecule has 2 rings (SSSR count). The highest BCUT2D eigenvalue weighted by Crippen LogP contribution is 2.12. The maximum absolute atomic E-state index is 3.62. The highest BCUT2D eigenvalue weighted by molar-refractivity contribution is 5.72. The molecule has 0 radical (unpaired) electrons. The van der Waals surface area contributed by atoms with E-state index in [1.807, 2.05) is 0 Å². The lowest BCUT2D eigenvalue weighted by Gasteiger charge is -2.23. The van der Waals surface area contributed by atoms with Gasteiger partial charge in [0.2, 0.25) is 0 Å². The zero-order valence-electron chi connectivity index (χ0n) is 20.3. The normalized spacial score (nSPS) is 12.2. The largest absolute Gasteiger partial charge is 0.306 e. The van der Waals surface area contributed by atoms with Gasteiger partial charge in [0.1, 0.15) is 6.67 Å². The summed E-state index contributed by atoms with van der Waals surface area (Å²) < 4.78 is 4.63. The lowest BCUT2D eigenvalue weighted by atomic mass is 10.3. The smallest absolute Gasteiger partial charge is 0.255 e. The number of aryl methyl sites for hydroxylation is 1. The summed E-state index contributed by atoms with van der Waals surface area (Å²) in [7, 11) is 8.86. The number of nitrogens with one attached hydrogen (secondary N) is 1. The van der Waals surface area contributed by atoms with Gasteiger partial charge in [-0.25, -0.2) is 9.13 Å². The van der Waals surface area contributed by atoms with E-state index in [9.17, 15) is 0 Å². The topological polar surface area (TPSA) is 30.6 Å². The highest BCUT2D eigenvalue weighted by atomic mass is 15.2. The van der Waals surface area contributed by atoms with Gasteiger partial charge in [0, 0.05) is 20.0 Å². The van der Waals surface area contributed by atoms with Crippen LogP contribution in [-0.4, -0.2) is 86.2 Å². The monoisotopic (exact) mass is 417 g/mol. The van der Waals surface area contributed by atoms with Gasteiger partial charge < -0.3 is 14.7 Å². The minimum atomic E-state index is 0.867. The van der Waals surface area contributed by atoms with E-state index in [2.05, 4.69) is 95.5 Å². The third-order valence-electron chi connectivity index (χ3n) is 6.12. The molecule has 6 nitrogen and oxygen atoms in total. The van der Waals surface area contributed by atoms with Gasteiger partial charge in [0.25, 0.3) is 5.82 Å². The van der Waals surface area contributed by atoms with Gasteiger partial charge in [-0.15, -0.1) is 0 Å². The van der Waals surface area contributed by atoms with Gasteiger partial charge in [0.15, 0.2) is 11.0 Å². The summed E-state index contributed by atoms with van der Waals surface area (Å²) in [4.78, 5) is 7.36. The van der Waals surface area contributed by atoms with Crippen molar-refractivity contribution in [1.29, 1.82) is 0 Å². The maximum Gasteiger partial charge on any atom is 0.255 e. The van der Waals surface area contributed by atoms with Crippen LogP contribution in [0.3, 0.4) is 0 Å². The van der Waals surface area contributed by atoms with Crippen molar-refractivity contribution < 1.29 is 4.57 Å². The average molecular weight is 418 g/mol. The molecule has 0 aliphatic rings. The second-order valence-corrected chi connectivity index (χ2v) is 8.80. The average Bonchev–Trinajstić information content (AvgIpc) is 2.97. The Bertz CT molecular complexity index is 741. The lowest BCUT2D eigenvalue weighted by molar-refractivity contribution is -0.652. The molecule has 1 aromatic carbocycles. The summed E-state index contributed by atoms with van der Waals surface area (Å²) in [5.74, 6) is 1.28. The van der Waals surface area contributed by atoms with Gasteiger partial charge in [0.05, 0.1) is 7.05 Å². The fourth-order valence-electron chi connectivity index (χ4n) is 4.04. The molecule has 0 fully saturated rings. The number of fused-ring (bicyclic) bond motifs is 1. The first kappa shape index (κ1) is 24.8. The van der Waals surface area contributed by atoms with Gasteiger partial charge in [-0.1, -0.05) is 19.1 Å². The van der Waals surface area contributed by atoms with E-state index in [1.165, 1.54) is 55.8 Å². The first-order chi connectivity index (χ1) is 14.4. The number of hydrogen-bond acceptors (Lipinski definition) is 4. The Kier molecular flexibility index (Phi) is 10.8. The lowest BCUT2D eigenvalue weighted by Crippen LogP contribution is -2.34. The molecule has 1 N–H and O–H groups in total. The first-order valence-electron chi connectivity index (χ1n) is 11.6. The highest BCUT2D eigenvalue weighted by Gasteiger charge is 2.17. The van der Waals surface area contributed by atoms with Crippen molar-refractivity contribution in [2.75, 3.05) is 67.0 Å². The van der Waals surface area contributed by atoms with Crippen molar-refractivity contribution in [3.8, 4) is 0 Å². The van der Waals surface area contributed by atoms with E-state index in [-0.39, 0.29) is 0 Å². The number of para-hydroxylation sites is 2. The first-order valence-corrected chi connectivity index (χ1v) is 11.6. The van der Waals surface area contributed by atoms with Crippen LogP contribution in [-0.2, 0) is 13.7 Å². The maximum atomic E-state index is 3.62. The summed E-state index contributed by atoms with van der Waals surface area (Å²) in [5.41, 5.74) is 2.59. The van der Waals surface area contributed by atoms with Crippen LogP contribution < -0.4 is 9.88 Å².